The van der Waals surface area contributed by atoms with Gasteiger partial charge in [-0.3, -0.25) is 4.79 Å². The largest absolute Gasteiger partial charge is 0.405 e. The van der Waals surface area contributed by atoms with Gasteiger partial charge in [0.2, 0.25) is 5.91 Å². The Morgan fingerprint density at radius 3 is 2.80 bits per heavy atom. The second kappa shape index (κ2) is 8.86. The maximum absolute atomic E-state index is 12.5. The quantitative estimate of drug-likeness (QED) is 0.492. The van der Waals surface area contributed by atoms with Crippen LogP contribution in [-0.2, 0) is 4.79 Å². The molecule has 3 heterocycles. The maximum atomic E-state index is 12.5. The van der Waals surface area contributed by atoms with Gasteiger partial charge >= 0.3 is 6.18 Å². The minimum Gasteiger partial charge on any atom is -0.358 e. The number of amides is 1. The van der Waals surface area contributed by atoms with E-state index < -0.39 is 24.7 Å². The molecule has 0 fully saturated rings. The molecule has 3 aromatic rings. The lowest BCUT2D eigenvalue weighted by molar-refractivity contribution is -0.139. The number of rotatable bonds is 7. The number of hydrogen-bond acceptors (Lipinski definition) is 5. The van der Waals surface area contributed by atoms with Crippen LogP contribution < -0.4 is 10.6 Å². The summed E-state index contributed by atoms with van der Waals surface area (Å²) in [5, 5.41) is 6.03. The standard InChI is InChI=1S/C19H20ClF3N6O.2H2/c1-10(2)5-14(18(30)27-9-19(21,22)23)28-15-3-4-24-17(29-15)13-8-26-16-12(13)6-11(20)7-25-16;;/h3-4,6-8,10,14H,5,9H2,1-2H3,(H,25,26)(H,27,30)(H,24,28,29);2*1H/t14-;;/m1../s1. The van der Waals surface area contributed by atoms with Gasteiger partial charge in [-0.05, 0) is 24.5 Å². The van der Waals surface area contributed by atoms with Crippen LogP contribution in [0.15, 0.2) is 30.7 Å². The van der Waals surface area contributed by atoms with E-state index in [-0.39, 0.29) is 8.77 Å². The molecule has 30 heavy (non-hydrogen) atoms. The molecular weight excluding hydrogens is 421 g/mol. The van der Waals surface area contributed by atoms with Gasteiger partial charge in [-0.1, -0.05) is 25.4 Å². The first-order chi connectivity index (χ1) is 14.1. The Balaban J connectivity index is 0.00000256. The normalized spacial score (nSPS) is 12.9. The van der Waals surface area contributed by atoms with E-state index >= 15 is 0 Å². The molecule has 0 unspecified atom stereocenters. The molecule has 0 aliphatic rings. The van der Waals surface area contributed by atoms with E-state index in [1.807, 2.05) is 19.2 Å². The van der Waals surface area contributed by atoms with Crippen LogP contribution in [0.2, 0.25) is 5.02 Å². The summed E-state index contributed by atoms with van der Waals surface area (Å²) >= 11 is 6.03. The van der Waals surface area contributed by atoms with Crippen molar-refractivity contribution in [3.8, 4) is 11.4 Å². The van der Waals surface area contributed by atoms with E-state index in [1.165, 1.54) is 12.4 Å². The number of carbonyl (C=O) groups is 1. The van der Waals surface area contributed by atoms with E-state index in [0.29, 0.717) is 34.3 Å². The van der Waals surface area contributed by atoms with E-state index in [0.717, 1.165) is 5.39 Å². The molecule has 1 atom stereocenters. The fraction of sp³-hybridized carbons (Fsp3) is 0.368. The summed E-state index contributed by atoms with van der Waals surface area (Å²) in [6.45, 7) is 2.36. The summed E-state index contributed by atoms with van der Waals surface area (Å²) in [6, 6.07) is 2.40. The Morgan fingerprint density at radius 2 is 2.10 bits per heavy atom. The van der Waals surface area contributed by atoms with Crippen LogP contribution >= 0.6 is 11.6 Å². The highest BCUT2D eigenvalue weighted by Crippen LogP contribution is 2.27. The van der Waals surface area contributed by atoms with Crippen molar-refractivity contribution in [2.24, 2.45) is 5.92 Å². The van der Waals surface area contributed by atoms with Crippen LogP contribution in [0.25, 0.3) is 22.4 Å². The molecule has 11 heteroatoms. The molecule has 0 bridgehead atoms. The lowest BCUT2D eigenvalue weighted by atomic mass is 10.0. The molecule has 0 spiro atoms. The van der Waals surface area contributed by atoms with Gasteiger partial charge in [-0.15, -0.1) is 0 Å². The van der Waals surface area contributed by atoms with Crippen molar-refractivity contribution in [3.05, 3.63) is 35.7 Å². The number of halogens is 4. The van der Waals surface area contributed by atoms with E-state index in [1.54, 1.807) is 18.3 Å². The Hall–Kier alpha value is -2.88. The molecule has 0 aliphatic heterocycles. The Kier molecular flexibility index (Phi) is 6.45. The number of pyridine rings is 1. The van der Waals surface area contributed by atoms with Crippen molar-refractivity contribution in [2.75, 3.05) is 11.9 Å². The average Bonchev–Trinajstić information content (AvgIpc) is 3.08. The number of alkyl halides is 3. The summed E-state index contributed by atoms with van der Waals surface area (Å²) in [5.74, 6) is -0.00185. The highest BCUT2D eigenvalue weighted by Gasteiger charge is 2.30. The smallest absolute Gasteiger partial charge is 0.358 e. The number of nitrogens with one attached hydrogen (secondary N) is 3. The molecule has 3 N–H and O–H groups in total. The zero-order valence-electron chi connectivity index (χ0n) is 16.2. The molecule has 1 amide bonds. The predicted molar refractivity (Wildman–Crippen MR) is 112 cm³/mol. The monoisotopic (exact) mass is 444 g/mol. The number of anilines is 1. The zero-order valence-corrected chi connectivity index (χ0v) is 17.0. The highest BCUT2D eigenvalue weighted by molar-refractivity contribution is 6.31. The minimum atomic E-state index is -4.48. The second-order valence-corrected chi connectivity index (χ2v) is 7.61. The van der Waals surface area contributed by atoms with Gasteiger partial charge in [0, 0.05) is 32.4 Å². The summed E-state index contributed by atoms with van der Waals surface area (Å²) in [5.41, 5.74) is 1.27. The number of carbonyl (C=O) groups excluding carboxylic acids is 1. The average molecular weight is 445 g/mol. The number of aromatic nitrogens is 4. The van der Waals surface area contributed by atoms with Gasteiger partial charge in [0.25, 0.3) is 0 Å². The van der Waals surface area contributed by atoms with Crippen LogP contribution in [0.5, 0.6) is 0 Å². The summed E-state index contributed by atoms with van der Waals surface area (Å²) < 4.78 is 37.4. The Morgan fingerprint density at radius 1 is 1.33 bits per heavy atom. The first-order valence-electron chi connectivity index (χ1n) is 9.19. The molecule has 164 valence electrons. The molecule has 3 aromatic heterocycles. The molecule has 0 saturated carbocycles. The number of hydrogen-bond donors (Lipinski definition) is 3. The fourth-order valence-corrected chi connectivity index (χ4v) is 3.08. The molecule has 0 radical (unpaired) electrons. The van der Waals surface area contributed by atoms with Gasteiger partial charge in [-0.2, -0.15) is 13.2 Å². The van der Waals surface area contributed by atoms with Crippen molar-refractivity contribution in [1.29, 1.82) is 0 Å². The number of fused-ring (bicyclic) bond motifs is 1. The first-order valence-corrected chi connectivity index (χ1v) is 9.57. The summed E-state index contributed by atoms with van der Waals surface area (Å²) in [4.78, 5) is 28.2. The third-order valence-corrected chi connectivity index (χ3v) is 4.41. The van der Waals surface area contributed by atoms with Gasteiger partial charge in [0.15, 0.2) is 5.82 Å². The zero-order chi connectivity index (χ0) is 21.9. The molecular formula is C19H24ClF3N6O. The van der Waals surface area contributed by atoms with Crippen molar-refractivity contribution in [1.82, 2.24) is 25.3 Å². The van der Waals surface area contributed by atoms with Gasteiger partial charge < -0.3 is 15.6 Å². The van der Waals surface area contributed by atoms with Crippen molar-refractivity contribution in [2.45, 2.75) is 32.5 Å². The maximum Gasteiger partial charge on any atom is 0.405 e. The van der Waals surface area contributed by atoms with Crippen LogP contribution in [0, 0.1) is 5.92 Å². The predicted octanol–water partition coefficient (Wildman–Crippen LogP) is 4.67. The second-order valence-electron chi connectivity index (χ2n) is 7.18. The Labute approximate surface area is 178 Å². The minimum absolute atomic E-state index is 0. The fourth-order valence-electron chi connectivity index (χ4n) is 2.92. The third-order valence-electron chi connectivity index (χ3n) is 4.20. The number of aromatic amines is 1. The van der Waals surface area contributed by atoms with Gasteiger partial charge in [0.05, 0.1) is 5.02 Å². The van der Waals surface area contributed by atoms with Gasteiger partial charge in [0.1, 0.15) is 24.1 Å². The number of H-pyrrole nitrogens is 1. The molecule has 3 rings (SSSR count). The Bertz CT molecular complexity index is 1050. The first kappa shape index (κ1) is 21.8. The van der Waals surface area contributed by atoms with E-state index in [2.05, 4.69) is 25.3 Å². The molecule has 7 nitrogen and oxygen atoms in total. The SMILES string of the molecule is CC(C)C[C@@H](Nc1ccnc(-c2c[nH]c3ncc(Cl)cc23)n1)C(=O)NCC(F)(F)F.[HH].[HH]. The lowest BCUT2D eigenvalue weighted by Crippen LogP contribution is -2.44. The molecule has 0 aliphatic carbocycles. The van der Waals surface area contributed by atoms with Crippen molar-refractivity contribution < 1.29 is 20.8 Å². The summed E-state index contributed by atoms with van der Waals surface area (Å²) in [7, 11) is 0. The van der Waals surface area contributed by atoms with E-state index in [9.17, 15) is 18.0 Å². The van der Waals surface area contributed by atoms with Crippen LogP contribution in [-0.4, -0.2) is 44.6 Å². The van der Waals surface area contributed by atoms with Crippen LogP contribution in [0.4, 0.5) is 19.0 Å². The third kappa shape index (κ3) is 5.59. The van der Waals surface area contributed by atoms with E-state index in [4.69, 9.17) is 11.6 Å². The highest BCUT2D eigenvalue weighted by atomic mass is 35.5. The van der Waals surface area contributed by atoms with Crippen LogP contribution in [0.3, 0.4) is 0 Å². The molecule has 0 saturated heterocycles. The summed E-state index contributed by atoms with van der Waals surface area (Å²) in [6.07, 6.45) is 0.551. The van der Waals surface area contributed by atoms with Crippen molar-refractivity contribution in [3.63, 3.8) is 0 Å². The topological polar surface area (TPSA) is 95.6 Å². The molecule has 0 aromatic carbocycles. The lowest BCUT2D eigenvalue weighted by Gasteiger charge is -2.21. The van der Waals surface area contributed by atoms with Crippen molar-refractivity contribution >= 4 is 34.4 Å². The van der Waals surface area contributed by atoms with Gasteiger partial charge in [-0.25, -0.2) is 15.0 Å². The number of nitrogens with zero attached hydrogens (tertiary/aromatic N) is 3. The van der Waals surface area contributed by atoms with Crippen LogP contribution in [0.1, 0.15) is 23.1 Å².